The van der Waals surface area contributed by atoms with E-state index in [1.165, 1.54) is 5.56 Å². The normalized spacial score (nSPS) is 12.4. The summed E-state index contributed by atoms with van der Waals surface area (Å²) in [6, 6.07) is 8.19. The van der Waals surface area contributed by atoms with Crippen molar-refractivity contribution < 1.29 is 9.47 Å². The second-order valence-electron chi connectivity index (χ2n) is 4.13. The molecule has 3 nitrogen and oxygen atoms in total. The first-order valence-corrected chi connectivity index (χ1v) is 6.25. The summed E-state index contributed by atoms with van der Waals surface area (Å²) < 4.78 is 10.6. The van der Waals surface area contributed by atoms with Gasteiger partial charge in [-0.3, -0.25) is 0 Å². The van der Waals surface area contributed by atoms with E-state index in [9.17, 15) is 0 Å². The molecule has 1 aromatic carbocycles. The lowest BCUT2D eigenvalue weighted by Crippen LogP contribution is -2.08. The molecule has 0 amide bonds. The van der Waals surface area contributed by atoms with Crippen molar-refractivity contribution in [2.24, 2.45) is 5.73 Å². The number of hydrogen-bond donors (Lipinski definition) is 1. The molecule has 0 aliphatic carbocycles. The number of hydrogen-bond acceptors (Lipinski definition) is 3. The topological polar surface area (TPSA) is 44.5 Å². The van der Waals surface area contributed by atoms with Crippen molar-refractivity contribution in [3.63, 3.8) is 0 Å². The van der Waals surface area contributed by atoms with Crippen molar-refractivity contribution in [1.29, 1.82) is 0 Å². The molecule has 0 radical (unpaired) electrons. The number of rotatable bonds is 8. The van der Waals surface area contributed by atoms with Gasteiger partial charge in [0.2, 0.25) is 0 Å². The Hall–Kier alpha value is -1.06. The second-order valence-corrected chi connectivity index (χ2v) is 4.13. The quantitative estimate of drug-likeness (QED) is 0.707. The van der Waals surface area contributed by atoms with Crippen molar-refractivity contribution in [3.05, 3.63) is 29.8 Å². The molecule has 0 aliphatic heterocycles. The first-order valence-electron chi connectivity index (χ1n) is 6.25. The summed E-state index contributed by atoms with van der Waals surface area (Å²) in [4.78, 5) is 0. The van der Waals surface area contributed by atoms with Gasteiger partial charge in [0.1, 0.15) is 5.75 Å². The number of ether oxygens (including phenoxy) is 2. The highest BCUT2D eigenvalue weighted by molar-refractivity contribution is 5.28. The van der Waals surface area contributed by atoms with E-state index in [2.05, 4.69) is 6.92 Å². The lowest BCUT2D eigenvalue weighted by atomic mass is 10.1. The average molecular weight is 237 g/mol. The zero-order valence-corrected chi connectivity index (χ0v) is 10.8. The Morgan fingerprint density at radius 2 is 1.76 bits per heavy atom. The summed E-state index contributed by atoms with van der Waals surface area (Å²) in [7, 11) is 1.72. The Balaban J connectivity index is 2.30. The molecule has 1 atom stereocenters. The van der Waals surface area contributed by atoms with Crippen LogP contribution in [0.25, 0.3) is 0 Å². The van der Waals surface area contributed by atoms with Crippen LogP contribution in [0.3, 0.4) is 0 Å². The van der Waals surface area contributed by atoms with Crippen molar-refractivity contribution in [3.8, 4) is 5.75 Å². The van der Waals surface area contributed by atoms with Crippen LogP contribution in [0, 0.1) is 0 Å². The molecule has 0 aliphatic rings. The van der Waals surface area contributed by atoms with E-state index in [4.69, 9.17) is 15.2 Å². The fourth-order valence-corrected chi connectivity index (χ4v) is 1.59. The Kier molecular flexibility index (Phi) is 6.67. The number of benzene rings is 1. The van der Waals surface area contributed by atoms with Gasteiger partial charge in [-0.25, -0.2) is 0 Å². The fourth-order valence-electron chi connectivity index (χ4n) is 1.59. The molecule has 0 aromatic heterocycles. The zero-order chi connectivity index (χ0) is 12.5. The average Bonchev–Trinajstić information content (AvgIpc) is 2.38. The molecule has 0 saturated carbocycles. The predicted molar refractivity (Wildman–Crippen MR) is 70.3 cm³/mol. The minimum absolute atomic E-state index is 0.130. The van der Waals surface area contributed by atoms with Crippen molar-refractivity contribution >= 4 is 0 Å². The van der Waals surface area contributed by atoms with Crippen LogP contribution in [0.5, 0.6) is 5.75 Å². The van der Waals surface area contributed by atoms with E-state index in [1.54, 1.807) is 7.11 Å². The minimum Gasteiger partial charge on any atom is -0.494 e. The smallest absolute Gasteiger partial charge is 0.119 e. The van der Waals surface area contributed by atoms with Crippen LogP contribution in [0.2, 0.25) is 0 Å². The fraction of sp³-hybridized carbons (Fsp3) is 0.571. The van der Waals surface area contributed by atoms with Gasteiger partial charge >= 0.3 is 0 Å². The molecule has 0 heterocycles. The second kappa shape index (κ2) is 8.09. The maximum atomic E-state index is 5.94. The number of nitrogens with two attached hydrogens (primary N) is 1. The van der Waals surface area contributed by atoms with Crippen LogP contribution in [0.15, 0.2) is 24.3 Å². The number of methoxy groups -OCH3 is 1. The van der Waals surface area contributed by atoms with E-state index >= 15 is 0 Å². The molecule has 0 bridgehead atoms. The SMILES string of the molecule is CC[C@H](N)c1ccc(OCCCCOC)cc1. The molecule has 3 heteroatoms. The van der Waals surface area contributed by atoms with Crippen molar-refractivity contribution in [1.82, 2.24) is 0 Å². The van der Waals surface area contributed by atoms with Crippen LogP contribution in [-0.2, 0) is 4.74 Å². The Morgan fingerprint density at radius 3 is 2.35 bits per heavy atom. The molecular weight excluding hydrogens is 214 g/mol. The van der Waals surface area contributed by atoms with Gasteiger partial charge in [-0.1, -0.05) is 19.1 Å². The van der Waals surface area contributed by atoms with E-state index in [0.29, 0.717) is 0 Å². The van der Waals surface area contributed by atoms with E-state index in [1.807, 2.05) is 24.3 Å². The number of unbranched alkanes of at least 4 members (excludes halogenated alkanes) is 1. The van der Waals surface area contributed by atoms with Gasteiger partial charge in [0, 0.05) is 19.8 Å². The molecule has 2 N–H and O–H groups in total. The minimum atomic E-state index is 0.130. The molecule has 0 fully saturated rings. The highest BCUT2D eigenvalue weighted by Gasteiger charge is 2.02. The molecule has 0 spiro atoms. The van der Waals surface area contributed by atoms with E-state index in [-0.39, 0.29) is 6.04 Å². The van der Waals surface area contributed by atoms with Gasteiger partial charge in [-0.15, -0.1) is 0 Å². The third-order valence-electron chi connectivity index (χ3n) is 2.76. The van der Waals surface area contributed by atoms with Gasteiger partial charge in [-0.05, 0) is 37.0 Å². The first-order chi connectivity index (χ1) is 8.27. The van der Waals surface area contributed by atoms with Crippen molar-refractivity contribution in [2.75, 3.05) is 20.3 Å². The summed E-state index contributed by atoms with van der Waals surface area (Å²) >= 11 is 0. The summed E-state index contributed by atoms with van der Waals surface area (Å²) in [6.45, 7) is 3.63. The molecule has 1 aromatic rings. The van der Waals surface area contributed by atoms with Crippen LogP contribution < -0.4 is 10.5 Å². The Labute approximate surface area is 104 Å². The molecule has 17 heavy (non-hydrogen) atoms. The molecular formula is C14H23NO2. The highest BCUT2D eigenvalue weighted by Crippen LogP contribution is 2.18. The van der Waals surface area contributed by atoms with Gasteiger partial charge in [-0.2, -0.15) is 0 Å². The third kappa shape index (κ3) is 5.20. The lowest BCUT2D eigenvalue weighted by molar-refractivity contribution is 0.184. The van der Waals surface area contributed by atoms with Gasteiger partial charge in [0.25, 0.3) is 0 Å². The van der Waals surface area contributed by atoms with Crippen LogP contribution >= 0.6 is 0 Å². The first kappa shape index (κ1) is 14.0. The summed E-state index contributed by atoms with van der Waals surface area (Å²) in [5, 5.41) is 0. The third-order valence-corrected chi connectivity index (χ3v) is 2.76. The summed E-state index contributed by atoms with van der Waals surface area (Å²) in [5.41, 5.74) is 7.11. The van der Waals surface area contributed by atoms with E-state index < -0.39 is 0 Å². The van der Waals surface area contributed by atoms with Gasteiger partial charge in [0.15, 0.2) is 0 Å². The van der Waals surface area contributed by atoms with Crippen LogP contribution in [-0.4, -0.2) is 20.3 Å². The summed E-state index contributed by atoms with van der Waals surface area (Å²) in [5.74, 6) is 0.912. The van der Waals surface area contributed by atoms with Crippen LogP contribution in [0.4, 0.5) is 0 Å². The maximum Gasteiger partial charge on any atom is 0.119 e. The summed E-state index contributed by atoms with van der Waals surface area (Å²) in [6.07, 6.45) is 3.01. The standard InChI is InChI=1S/C14H23NO2/c1-3-14(15)12-6-8-13(9-7-12)17-11-5-4-10-16-2/h6-9,14H,3-5,10-11,15H2,1-2H3/t14-/m0/s1. The Bertz CT molecular complexity index is 298. The van der Waals surface area contributed by atoms with Crippen LogP contribution in [0.1, 0.15) is 37.8 Å². The van der Waals surface area contributed by atoms with Crippen molar-refractivity contribution in [2.45, 2.75) is 32.2 Å². The monoisotopic (exact) mass is 237 g/mol. The highest BCUT2D eigenvalue weighted by atomic mass is 16.5. The maximum absolute atomic E-state index is 5.94. The predicted octanol–water partition coefficient (Wildman–Crippen LogP) is 2.90. The van der Waals surface area contributed by atoms with Gasteiger partial charge < -0.3 is 15.2 Å². The Morgan fingerprint density at radius 1 is 1.12 bits per heavy atom. The van der Waals surface area contributed by atoms with E-state index in [0.717, 1.165) is 38.2 Å². The van der Waals surface area contributed by atoms with Gasteiger partial charge in [0.05, 0.1) is 6.61 Å². The molecule has 1 rings (SSSR count). The molecule has 96 valence electrons. The molecule has 0 unspecified atom stereocenters. The largest absolute Gasteiger partial charge is 0.494 e. The molecule has 0 saturated heterocycles. The zero-order valence-electron chi connectivity index (χ0n) is 10.8. The lowest BCUT2D eigenvalue weighted by Gasteiger charge is -2.10.